The van der Waals surface area contributed by atoms with Crippen molar-refractivity contribution in [2.45, 2.75) is 25.8 Å². The van der Waals surface area contributed by atoms with Crippen LogP contribution in [-0.2, 0) is 4.74 Å². The van der Waals surface area contributed by atoms with Gasteiger partial charge in [0.25, 0.3) is 5.91 Å². The van der Waals surface area contributed by atoms with Gasteiger partial charge in [0.1, 0.15) is 12.4 Å². The zero-order chi connectivity index (χ0) is 18.4. The maximum atomic E-state index is 12.6. The number of anilines is 1. The van der Waals surface area contributed by atoms with Crippen LogP contribution in [0.2, 0.25) is 0 Å². The summed E-state index contributed by atoms with van der Waals surface area (Å²) in [6.45, 7) is 4.77. The molecule has 1 saturated heterocycles. The minimum Gasteiger partial charge on any atom is -0.491 e. The lowest BCUT2D eigenvalue weighted by Crippen LogP contribution is -2.30. The number of carbonyl (C=O) groups excluding carboxylic acids is 1. The molecule has 148 valence electrons. The van der Waals surface area contributed by atoms with Crippen LogP contribution in [0.25, 0.3) is 0 Å². The Morgan fingerprint density at radius 1 is 1.33 bits per heavy atom. The van der Waals surface area contributed by atoms with E-state index in [4.69, 9.17) is 9.47 Å². The van der Waals surface area contributed by atoms with Gasteiger partial charge < -0.3 is 20.1 Å². The van der Waals surface area contributed by atoms with Crippen LogP contribution in [0.4, 0.5) is 5.69 Å². The van der Waals surface area contributed by atoms with Crippen molar-refractivity contribution in [3.8, 4) is 5.75 Å². The third-order valence-corrected chi connectivity index (χ3v) is 4.45. The zero-order valence-electron chi connectivity index (χ0n) is 15.6. The van der Waals surface area contributed by atoms with Crippen molar-refractivity contribution in [2.75, 3.05) is 38.7 Å². The molecule has 1 aliphatic heterocycles. The van der Waals surface area contributed by atoms with Crippen molar-refractivity contribution >= 4 is 24.0 Å². The predicted molar refractivity (Wildman–Crippen MR) is 105 cm³/mol. The molecule has 27 heavy (non-hydrogen) atoms. The summed E-state index contributed by atoms with van der Waals surface area (Å²) in [5.74, 6) is 0.409. The number of rotatable bonds is 7. The number of methoxy groups -OCH3 is 1. The van der Waals surface area contributed by atoms with Crippen LogP contribution in [-0.4, -0.2) is 54.3 Å². The fourth-order valence-corrected chi connectivity index (χ4v) is 3.05. The molecule has 1 aromatic carbocycles. The number of halogens is 1. The molecule has 1 fully saturated rings. The van der Waals surface area contributed by atoms with Crippen LogP contribution in [0.15, 0.2) is 24.3 Å². The van der Waals surface area contributed by atoms with Crippen molar-refractivity contribution in [3.05, 3.63) is 35.7 Å². The van der Waals surface area contributed by atoms with E-state index >= 15 is 0 Å². The predicted octanol–water partition coefficient (Wildman–Crippen LogP) is 2.21. The lowest BCUT2D eigenvalue weighted by Gasteiger charge is -2.23. The van der Waals surface area contributed by atoms with Gasteiger partial charge in [-0.3, -0.25) is 4.79 Å². The van der Waals surface area contributed by atoms with Gasteiger partial charge in [-0.25, -0.2) is 4.68 Å². The number of carbonyl (C=O) groups is 1. The van der Waals surface area contributed by atoms with Gasteiger partial charge in [0.2, 0.25) is 0 Å². The number of benzene rings is 1. The Balaban J connectivity index is 0.00000261. The molecule has 2 aromatic rings. The highest BCUT2D eigenvalue weighted by Gasteiger charge is 2.23. The van der Waals surface area contributed by atoms with E-state index in [9.17, 15) is 4.79 Å². The molecule has 1 aliphatic rings. The van der Waals surface area contributed by atoms with Crippen molar-refractivity contribution in [3.63, 3.8) is 0 Å². The molecule has 8 nitrogen and oxygen atoms in total. The Hall–Kier alpha value is -2.16. The molecule has 2 heterocycles. The number of aromatic nitrogens is 3. The highest BCUT2D eigenvalue weighted by molar-refractivity contribution is 6.03. The van der Waals surface area contributed by atoms with E-state index < -0.39 is 0 Å². The van der Waals surface area contributed by atoms with Crippen molar-refractivity contribution in [1.82, 2.24) is 20.3 Å². The van der Waals surface area contributed by atoms with Crippen LogP contribution < -0.4 is 15.4 Å². The van der Waals surface area contributed by atoms with Gasteiger partial charge in [-0.05, 0) is 45.0 Å². The van der Waals surface area contributed by atoms with Crippen LogP contribution in [0.1, 0.15) is 35.1 Å². The maximum Gasteiger partial charge on any atom is 0.278 e. The summed E-state index contributed by atoms with van der Waals surface area (Å²) in [5, 5.41) is 14.5. The molecule has 3 rings (SSSR count). The monoisotopic (exact) mass is 395 g/mol. The van der Waals surface area contributed by atoms with E-state index in [1.165, 1.54) is 0 Å². The fourth-order valence-electron chi connectivity index (χ4n) is 3.05. The van der Waals surface area contributed by atoms with Crippen molar-refractivity contribution in [1.29, 1.82) is 0 Å². The molecular weight excluding hydrogens is 370 g/mol. The number of hydrogen-bond donors (Lipinski definition) is 2. The smallest absolute Gasteiger partial charge is 0.278 e. The first kappa shape index (κ1) is 21.1. The minimum atomic E-state index is -0.267. The van der Waals surface area contributed by atoms with Crippen LogP contribution >= 0.6 is 12.4 Å². The van der Waals surface area contributed by atoms with Gasteiger partial charge in [0.15, 0.2) is 5.69 Å². The maximum absolute atomic E-state index is 12.6. The third kappa shape index (κ3) is 5.41. The highest BCUT2D eigenvalue weighted by Crippen LogP contribution is 2.22. The molecule has 0 radical (unpaired) electrons. The topological polar surface area (TPSA) is 90.3 Å². The molecule has 2 N–H and O–H groups in total. The van der Waals surface area contributed by atoms with Crippen LogP contribution in [0.3, 0.4) is 0 Å². The Morgan fingerprint density at radius 2 is 2.11 bits per heavy atom. The van der Waals surface area contributed by atoms with Gasteiger partial charge in [-0.2, -0.15) is 0 Å². The Kier molecular flexibility index (Phi) is 8.02. The molecule has 9 heteroatoms. The molecule has 1 amide bonds. The Bertz CT molecular complexity index is 746. The second-order valence-electron chi connectivity index (χ2n) is 6.27. The second-order valence-corrected chi connectivity index (χ2v) is 6.27. The Morgan fingerprint density at radius 3 is 2.85 bits per heavy atom. The molecule has 0 aliphatic carbocycles. The quantitative estimate of drug-likeness (QED) is 0.698. The van der Waals surface area contributed by atoms with E-state index in [-0.39, 0.29) is 18.3 Å². The number of nitrogens with zero attached hydrogens (tertiary/aromatic N) is 3. The molecular formula is C18H26ClN5O3. The van der Waals surface area contributed by atoms with Crippen LogP contribution in [0, 0.1) is 6.92 Å². The van der Waals surface area contributed by atoms with Crippen molar-refractivity contribution < 1.29 is 14.3 Å². The summed E-state index contributed by atoms with van der Waals surface area (Å²) >= 11 is 0. The van der Waals surface area contributed by atoms with E-state index in [0.29, 0.717) is 36.4 Å². The van der Waals surface area contributed by atoms with Crippen LogP contribution in [0.5, 0.6) is 5.75 Å². The average Bonchev–Trinajstić information content (AvgIpc) is 3.04. The lowest BCUT2D eigenvalue weighted by molar-refractivity contribution is 0.102. The van der Waals surface area contributed by atoms with Gasteiger partial charge in [-0.1, -0.05) is 11.3 Å². The largest absolute Gasteiger partial charge is 0.491 e. The second kappa shape index (κ2) is 10.2. The zero-order valence-corrected chi connectivity index (χ0v) is 16.4. The van der Waals surface area contributed by atoms with E-state index in [2.05, 4.69) is 20.9 Å². The summed E-state index contributed by atoms with van der Waals surface area (Å²) in [6, 6.07) is 7.55. The lowest BCUT2D eigenvalue weighted by atomic mass is 10.1. The number of ether oxygens (including phenoxy) is 2. The molecule has 1 aromatic heterocycles. The van der Waals surface area contributed by atoms with Gasteiger partial charge in [-0.15, -0.1) is 17.5 Å². The summed E-state index contributed by atoms with van der Waals surface area (Å²) in [6.07, 6.45) is 1.98. The van der Waals surface area contributed by atoms with Crippen molar-refractivity contribution in [2.24, 2.45) is 0 Å². The SMILES string of the molecule is COCCOc1cccc(NC(=O)c2nnn(C3CCNCC3)c2C)c1.Cl. The molecule has 0 unspecified atom stereocenters. The molecule has 0 spiro atoms. The average molecular weight is 396 g/mol. The standard InChI is InChI=1S/C18H25N5O3.ClH/c1-13-17(21-22-23(13)15-6-8-19-9-7-15)18(24)20-14-4-3-5-16(12-14)26-11-10-25-2;/h3-5,12,15,19H,6-11H2,1-2H3,(H,20,24);1H. The number of nitrogens with one attached hydrogen (secondary N) is 2. The first-order chi connectivity index (χ1) is 12.7. The normalized spacial score (nSPS) is 14.4. The van der Waals surface area contributed by atoms with E-state index in [0.717, 1.165) is 31.6 Å². The molecule has 0 atom stereocenters. The van der Waals surface area contributed by atoms with E-state index in [1.54, 1.807) is 13.2 Å². The number of amides is 1. The van der Waals surface area contributed by atoms with Gasteiger partial charge in [0.05, 0.1) is 18.3 Å². The summed E-state index contributed by atoms with van der Waals surface area (Å²) in [4.78, 5) is 12.6. The third-order valence-electron chi connectivity index (χ3n) is 4.45. The van der Waals surface area contributed by atoms with Gasteiger partial charge in [0, 0.05) is 18.9 Å². The molecule has 0 saturated carbocycles. The Labute approximate surface area is 165 Å². The fraction of sp³-hybridized carbons (Fsp3) is 0.500. The first-order valence-corrected chi connectivity index (χ1v) is 8.84. The molecule has 0 bridgehead atoms. The van der Waals surface area contributed by atoms with E-state index in [1.807, 2.05) is 29.8 Å². The summed E-state index contributed by atoms with van der Waals surface area (Å²) in [5.41, 5.74) is 1.80. The number of piperidine rings is 1. The number of hydrogen-bond acceptors (Lipinski definition) is 6. The first-order valence-electron chi connectivity index (χ1n) is 8.84. The highest BCUT2D eigenvalue weighted by atomic mass is 35.5. The summed E-state index contributed by atoms with van der Waals surface area (Å²) < 4.78 is 12.4. The summed E-state index contributed by atoms with van der Waals surface area (Å²) in [7, 11) is 1.62. The minimum absolute atomic E-state index is 0. The van der Waals surface area contributed by atoms with Gasteiger partial charge >= 0.3 is 0 Å².